The summed E-state index contributed by atoms with van der Waals surface area (Å²) in [6, 6.07) is 12.2. The summed E-state index contributed by atoms with van der Waals surface area (Å²) >= 11 is 12.2. The predicted octanol–water partition coefficient (Wildman–Crippen LogP) is 5.13. The first kappa shape index (κ1) is 19.1. The standard InChI is InChI=1S/C19H16Cl2N2O4/c1-11-12(10-26-16-9-4-3-8-15(16)25-2)17(23-27-11)19(24)22-18-13(20)6-5-7-14(18)21/h3-9H,10H2,1-2H3,(H,22,24). The van der Waals surface area contributed by atoms with Crippen molar-refractivity contribution in [3.8, 4) is 11.5 Å². The summed E-state index contributed by atoms with van der Waals surface area (Å²) in [6.45, 7) is 1.78. The Hall–Kier alpha value is -2.70. The molecule has 0 radical (unpaired) electrons. The quantitative estimate of drug-likeness (QED) is 0.613. The molecule has 1 aromatic heterocycles. The van der Waals surface area contributed by atoms with E-state index in [1.165, 1.54) is 0 Å². The first-order chi connectivity index (χ1) is 13.0. The molecule has 1 amide bonds. The molecule has 0 aliphatic rings. The molecule has 1 N–H and O–H groups in total. The van der Waals surface area contributed by atoms with Crippen LogP contribution in [0.15, 0.2) is 47.0 Å². The SMILES string of the molecule is COc1ccccc1OCc1c(C(=O)Nc2c(Cl)cccc2Cl)noc1C. The van der Waals surface area contributed by atoms with E-state index in [2.05, 4.69) is 10.5 Å². The van der Waals surface area contributed by atoms with Gasteiger partial charge >= 0.3 is 0 Å². The second-order valence-electron chi connectivity index (χ2n) is 5.56. The highest BCUT2D eigenvalue weighted by Gasteiger charge is 2.22. The molecule has 6 nitrogen and oxygen atoms in total. The van der Waals surface area contributed by atoms with E-state index in [0.717, 1.165) is 0 Å². The second kappa shape index (κ2) is 8.33. The molecule has 27 heavy (non-hydrogen) atoms. The van der Waals surface area contributed by atoms with Gasteiger partial charge in [-0.2, -0.15) is 0 Å². The van der Waals surface area contributed by atoms with Crippen LogP contribution in [0.4, 0.5) is 5.69 Å². The van der Waals surface area contributed by atoms with Gasteiger partial charge in [0.1, 0.15) is 12.4 Å². The lowest BCUT2D eigenvalue weighted by molar-refractivity contribution is 0.101. The van der Waals surface area contributed by atoms with Crippen LogP contribution >= 0.6 is 23.2 Å². The summed E-state index contributed by atoms with van der Waals surface area (Å²) in [4.78, 5) is 12.7. The number of carbonyl (C=O) groups excluding carboxylic acids is 1. The zero-order valence-electron chi connectivity index (χ0n) is 14.6. The number of amides is 1. The highest BCUT2D eigenvalue weighted by atomic mass is 35.5. The fraction of sp³-hybridized carbons (Fsp3) is 0.158. The van der Waals surface area contributed by atoms with Crippen molar-refractivity contribution in [1.82, 2.24) is 5.16 Å². The van der Waals surface area contributed by atoms with Crippen LogP contribution in [0.25, 0.3) is 0 Å². The maximum Gasteiger partial charge on any atom is 0.278 e. The van der Waals surface area contributed by atoms with Gasteiger partial charge in [-0.25, -0.2) is 0 Å². The predicted molar refractivity (Wildman–Crippen MR) is 103 cm³/mol. The molecule has 0 saturated carbocycles. The first-order valence-electron chi connectivity index (χ1n) is 7.97. The van der Waals surface area contributed by atoms with Crippen LogP contribution in [0.2, 0.25) is 10.0 Å². The van der Waals surface area contributed by atoms with Crippen molar-refractivity contribution in [1.29, 1.82) is 0 Å². The van der Waals surface area contributed by atoms with Crippen molar-refractivity contribution in [3.05, 3.63) is 69.5 Å². The third kappa shape index (κ3) is 4.18. The smallest absolute Gasteiger partial charge is 0.278 e. The monoisotopic (exact) mass is 406 g/mol. The number of methoxy groups -OCH3 is 1. The minimum atomic E-state index is -0.500. The van der Waals surface area contributed by atoms with Gasteiger partial charge in [-0.05, 0) is 31.2 Å². The zero-order valence-corrected chi connectivity index (χ0v) is 16.1. The van der Waals surface area contributed by atoms with Crippen LogP contribution in [0.1, 0.15) is 21.8 Å². The number of rotatable bonds is 6. The van der Waals surface area contributed by atoms with E-state index in [1.807, 2.05) is 12.1 Å². The molecule has 0 unspecified atom stereocenters. The Morgan fingerprint density at radius 1 is 1.11 bits per heavy atom. The van der Waals surface area contributed by atoms with Crippen LogP contribution < -0.4 is 14.8 Å². The summed E-state index contributed by atoms with van der Waals surface area (Å²) in [5, 5.41) is 7.15. The van der Waals surface area contributed by atoms with Crippen LogP contribution in [0.5, 0.6) is 11.5 Å². The number of nitrogens with zero attached hydrogens (tertiary/aromatic N) is 1. The van der Waals surface area contributed by atoms with Gasteiger partial charge in [0.05, 0.1) is 28.4 Å². The Morgan fingerprint density at radius 2 is 1.78 bits per heavy atom. The molecule has 2 aromatic carbocycles. The molecular weight excluding hydrogens is 391 g/mol. The number of aromatic nitrogens is 1. The molecule has 1 heterocycles. The van der Waals surface area contributed by atoms with Crippen molar-refractivity contribution in [3.63, 3.8) is 0 Å². The van der Waals surface area contributed by atoms with E-state index in [4.69, 9.17) is 37.2 Å². The van der Waals surface area contributed by atoms with Gasteiger partial charge in [-0.1, -0.05) is 46.6 Å². The van der Waals surface area contributed by atoms with Crippen molar-refractivity contribution in [2.75, 3.05) is 12.4 Å². The van der Waals surface area contributed by atoms with Crippen LogP contribution in [0, 0.1) is 6.92 Å². The third-order valence-electron chi connectivity index (χ3n) is 3.84. The summed E-state index contributed by atoms with van der Waals surface area (Å²) in [7, 11) is 1.55. The van der Waals surface area contributed by atoms with Gasteiger partial charge in [0.25, 0.3) is 5.91 Å². The van der Waals surface area contributed by atoms with Gasteiger partial charge < -0.3 is 19.3 Å². The largest absolute Gasteiger partial charge is 0.493 e. The molecule has 0 bridgehead atoms. The number of hydrogen-bond donors (Lipinski definition) is 1. The summed E-state index contributed by atoms with van der Waals surface area (Å²) in [6.07, 6.45) is 0. The second-order valence-corrected chi connectivity index (χ2v) is 6.37. The molecule has 3 rings (SSSR count). The van der Waals surface area contributed by atoms with E-state index in [-0.39, 0.29) is 12.3 Å². The van der Waals surface area contributed by atoms with Gasteiger partial charge in [-0.15, -0.1) is 0 Å². The van der Waals surface area contributed by atoms with E-state index in [0.29, 0.717) is 38.6 Å². The van der Waals surface area contributed by atoms with Crippen molar-refractivity contribution in [2.45, 2.75) is 13.5 Å². The maximum absolute atomic E-state index is 12.7. The van der Waals surface area contributed by atoms with E-state index >= 15 is 0 Å². The Labute approximate surface area is 166 Å². The van der Waals surface area contributed by atoms with Gasteiger partial charge in [0, 0.05) is 0 Å². The molecule has 0 saturated heterocycles. The average Bonchev–Trinajstić information content (AvgIpc) is 3.04. The van der Waals surface area contributed by atoms with Crippen LogP contribution in [-0.4, -0.2) is 18.2 Å². The van der Waals surface area contributed by atoms with E-state index < -0.39 is 5.91 Å². The number of aryl methyl sites for hydroxylation is 1. The molecule has 3 aromatic rings. The molecule has 140 valence electrons. The van der Waals surface area contributed by atoms with Gasteiger partial charge in [0.2, 0.25) is 0 Å². The summed E-state index contributed by atoms with van der Waals surface area (Å²) in [5.41, 5.74) is 0.919. The Balaban J connectivity index is 1.81. The average molecular weight is 407 g/mol. The Morgan fingerprint density at radius 3 is 2.44 bits per heavy atom. The number of carbonyl (C=O) groups is 1. The number of benzene rings is 2. The first-order valence-corrected chi connectivity index (χ1v) is 8.73. The minimum absolute atomic E-state index is 0.0781. The Bertz CT molecular complexity index is 952. The van der Waals surface area contributed by atoms with Gasteiger partial charge in [-0.3, -0.25) is 4.79 Å². The number of anilines is 1. The normalized spacial score (nSPS) is 10.5. The lowest BCUT2D eigenvalue weighted by Crippen LogP contribution is -2.16. The number of para-hydroxylation sites is 3. The molecule has 0 aliphatic carbocycles. The van der Waals surface area contributed by atoms with Crippen molar-refractivity contribution >= 4 is 34.8 Å². The molecular formula is C19H16Cl2N2O4. The lowest BCUT2D eigenvalue weighted by Gasteiger charge is -2.11. The number of nitrogens with one attached hydrogen (secondary N) is 1. The maximum atomic E-state index is 12.7. The van der Waals surface area contributed by atoms with E-state index in [9.17, 15) is 4.79 Å². The fourth-order valence-electron chi connectivity index (χ4n) is 2.42. The Kier molecular flexibility index (Phi) is 5.88. The fourth-order valence-corrected chi connectivity index (χ4v) is 2.91. The van der Waals surface area contributed by atoms with Gasteiger partial charge in [0.15, 0.2) is 17.2 Å². The number of ether oxygens (including phenoxy) is 2. The van der Waals surface area contributed by atoms with E-state index in [1.54, 1.807) is 44.4 Å². The van der Waals surface area contributed by atoms with Crippen molar-refractivity contribution < 1.29 is 18.8 Å². The minimum Gasteiger partial charge on any atom is -0.493 e. The molecule has 0 spiro atoms. The summed E-state index contributed by atoms with van der Waals surface area (Å²) in [5.74, 6) is 1.10. The van der Waals surface area contributed by atoms with Crippen molar-refractivity contribution in [2.24, 2.45) is 0 Å². The highest BCUT2D eigenvalue weighted by Crippen LogP contribution is 2.31. The number of hydrogen-bond acceptors (Lipinski definition) is 5. The number of halogens is 2. The van der Waals surface area contributed by atoms with Crippen LogP contribution in [0.3, 0.4) is 0 Å². The summed E-state index contributed by atoms with van der Waals surface area (Å²) < 4.78 is 16.2. The molecule has 0 fully saturated rings. The van der Waals surface area contributed by atoms with Crippen LogP contribution in [-0.2, 0) is 6.61 Å². The topological polar surface area (TPSA) is 73.6 Å². The molecule has 0 atom stereocenters. The zero-order chi connectivity index (χ0) is 19.4. The lowest BCUT2D eigenvalue weighted by atomic mass is 10.2. The third-order valence-corrected chi connectivity index (χ3v) is 4.47. The molecule has 0 aliphatic heterocycles. The highest BCUT2D eigenvalue weighted by molar-refractivity contribution is 6.40. The molecule has 8 heteroatoms.